The third kappa shape index (κ3) is 0.849. The summed E-state index contributed by atoms with van der Waals surface area (Å²) in [7, 11) is 0. The van der Waals surface area contributed by atoms with E-state index in [-0.39, 0.29) is 5.41 Å². The van der Waals surface area contributed by atoms with Crippen LogP contribution in [0, 0.1) is 23.2 Å². The van der Waals surface area contributed by atoms with Gasteiger partial charge in [0, 0.05) is 5.41 Å². The van der Waals surface area contributed by atoms with Crippen LogP contribution in [0.5, 0.6) is 0 Å². The number of aliphatic carboxylic acids is 1. The van der Waals surface area contributed by atoms with Crippen LogP contribution in [-0.4, -0.2) is 17.2 Å². The van der Waals surface area contributed by atoms with E-state index in [0.717, 1.165) is 31.1 Å². The fourth-order valence-corrected chi connectivity index (χ4v) is 5.10. The van der Waals surface area contributed by atoms with E-state index in [1.165, 1.54) is 12.8 Å². The Morgan fingerprint density at radius 3 is 3.19 bits per heavy atom. The number of carboxylic acids is 1. The average molecular weight is 220 g/mol. The summed E-state index contributed by atoms with van der Waals surface area (Å²) >= 11 is 0. The Labute approximate surface area is 94.5 Å². The van der Waals surface area contributed by atoms with Gasteiger partial charge in [-0.3, -0.25) is 0 Å². The lowest BCUT2D eigenvalue weighted by molar-refractivity contribution is -0.134. The maximum absolute atomic E-state index is 11.4. The lowest BCUT2D eigenvalue weighted by Gasteiger charge is -2.35. The van der Waals surface area contributed by atoms with E-state index < -0.39 is 5.97 Å². The highest BCUT2D eigenvalue weighted by Crippen LogP contribution is 2.69. The fraction of sp³-hybridized carbons (Fsp3) is 0.769. The lowest BCUT2D eigenvalue weighted by Crippen LogP contribution is -2.32. The second-order valence-electron chi connectivity index (χ2n) is 6.00. The van der Waals surface area contributed by atoms with Gasteiger partial charge in [-0.05, 0) is 49.9 Å². The van der Waals surface area contributed by atoms with Crippen molar-refractivity contribution in [3.8, 4) is 0 Å². The van der Waals surface area contributed by atoms with E-state index in [4.69, 9.17) is 4.74 Å². The fourth-order valence-electron chi connectivity index (χ4n) is 5.10. The number of hydrogen-bond donors (Lipinski definition) is 1. The number of ether oxygens (including phenoxy) is 1. The summed E-state index contributed by atoms with van der Waals surface area (Å²) in [6, 6.07) is 0. The molecule has 4 aliphatic rings. The molecule has 0 radical (unpaired) electrons. The Bertz CT molecular complexity index is 400. The van der Waals surface area contributed by atoms with Crippen LogP contribution in [0.15, 0.2) is 11.8 Å². The van der Waals surface area contributed by atoms with Gasteiger partial charge < -0.3 is 9.84 Å². The van der Waals surface area contributed by atoms with Crippen LogP contribution >= 0.6 is 0 Å². The normalized spacial score (nSPS) is 52.1. The van der Waals surface area contributed by atoms with Gasteiger partial charge in [-0.15, -0.1) is 0 Å². The minimum atomic E-state index is -0.756. The zero-order valence-electron chi connectivity index (χ0n) is 9.19. The van der Waals surface area contributed by atoms with Gasteiger partial charge in [-0.2, -0.15) is 0 Å². The van der Waals surface area contributed by atoms with Crippen molar-refractivity contribution in [3.05, 3.63) is 11.8 Å². The summed E-state index contributed by atoms with van der Waals surface area (Å²) in [5.41, 5.74) is 0.552. The molecule has 16 heavy (non-hydrogen) atoms. The van der Waals surface area contributed by atoms with Crippen LogP contribution in [0.4, 0.5) is 0 Å². The van der Waals surface area contributed by atoms with Crippen molar-refractivity contribution in [2.45, 2.75) is 38.2 Å². The predicted octanol–water partition coefficient (Wildman–Crippen LogP) is 2.18. The van der Waals surface area contributed by atoms with Gasteiger partial charge in [-0.1, -0.05) is 0 Å². The van der Waals surface area contributed by atoms with Gasteiger partial charge in [0.1, 0.15) is 0 Å². The molecule has 5 unspecified atom stereocenters. The summed E-state index contributed by atoms with van der Waals surface area (Å²) in [4.78, 5) is 11.4. The molecule has 86 valence electrons. The van der Waals surface area contributed by atoms with E-state index >= 15 is 0 Å². The van der Waals surface area contributed by atoms with Crippen molar-refractivity contribution in [2.24, 2.45) is 23.2 Å². The lowest BCUT2D eigenvalue weighted by atomic mass is 9.68. The standard InChI is InChI=1S/C13H16O3/c14-12(15)11-6-16-8-3-9-7-1-2-13(11,5-7)10(9)4-8/h6-10H,1-5H2,(H,14,15). The van der Waals surface area contributed by atoms with Crippen LogP contribution in [0.3, 0.4) is 0 Å². The molecule has 3 fully saturated rings. The zero-order chi connectivity index (χ0) is 10.9. The zero-order valence-corrected chi connectivity index (χ0v) is 9.19. The first-order valence-corrected chi connectivity index (χ1v) is 6.30. The molecular formula is C13H16O3. The van der Waals surface area contributed by atoms with Crippen molar-refractivity contribution in [3.63, 3.8) is 0 Å². The van der Waals surface area contributed by atoms with E-state index in [0.29, 0.717) is 17.6 Å². The minimum absolute atomic E-state index is 0.0214. The third-order valence-corrected chi connectivity index (χ3v) is 5.62. The van der Waals surface area contributed by atoms with E-state index in [1.54, 1.807) is 6.26 Å². The molecule has 4 rings (SSSR count). The first-order valence-electron chi connectivity index (χ1n) is 6.30. The van der Waals surface area contributed by atoms with Crippen molar-refractivity contribution >= 4 is 5.97 Å². The van der Waals surface area contributed by atoms with E-state index in [2.05, 4.69) is 0 Å². The quantitative estimate of drug-likeness (QED) is 0.736. The van der Waals surface area contributed by atoms with Gasteiger partial charge in [0.05, 0.1) is 17.9 Å². The molecule has 4 bridgehead atoms. The molecule has 1 aliphatic heterocycles. The topological polar surface area (TPSA) is 46.5 Å². The highest BCUT2D eigenvalue weighted by atomic mass is 16.5. The van der Waals surface area contributed by atoms with E-state index in [1.807, 2.05) is 0 Å². The highest BCUT2D eigenvalue weighted by molar-refractivity contribution is 5.88. The summed E-state index contributed by atoms with van der Waals surface area (Å²) in [5, 5.41) is 9.38. The van der Waals surface area contributed by atoms with Crippen LogP contribution in [0.2, 0.25) is 0 Å². The molecule has 3 heteroatoms. The highest BCUT2D eigenvalue weighted by Gasteiger charge is 2.64. The Morgan fingerprint density at radius 1 is 1.50 bits per heavy atom. The molecule has 0 saturated heterocycles. The monoisotopic (exact) mass is 220 g/mol. The number of carbonyl (C=O) groups is 1. The number of hydrogen-bond acceptors (Lipinski definition) is 2. The molecule has 0 aromatic rings. The predicted molar refractivity (Wildman–Crippen MR) is 56.6 cm³/mol. The number of rotatable bonds is 1. The number of carboxylic acid groups (broad SMARTS) is 1. The summed E-state index contributed by atoms with van der Waals surface area (Å²) in [5.74, 6) is 1.37. The van der Waals surface area contributed by atoms with Crippen LogP contribution < -0.4 is 0 Å². The first-order chi connectivity index (χ1) is 7.71. The maximum Gasteiger partial charge on any atom is 0.335 e. The van der Waals surface area contributed by atoms with Crippen LogP contribution in [0.25, 0.3) is 0 Å². The minimum Gasteiger partial charge on any atom is -0.497 e. The molecule has 3 nitrogen and oxygen atoms in total. The average Bonchev–Trinajstić information content (AvgIpc) is 2.83. The van der Waals surface area contributed by atoms with Gasteiger partial charge in [0.2, 0.25) is 0 Å². The summed E-state index contributed by atoms with van der Waals surface area (Å²) < 4.78 is 5.65. The summed E-state index contributed by atoms with van der Waals surface area (Å²) in [6.07, 6.45) is 7.56. The van der Waals surface area contributed by atoms with Crippen molar-refractivity contribution in [2.75, 3.05) is 0 Å². The third-order valence-electron chi connectivity index (χ3n) is 5.62. The SMILES string of the molecule is O=C(O)C1=COC2CC3C4CCC1(C4)C3C2. The van der Waals surface area contributed by atoms with Gasteiger partial charge in [-0.25, -0.2) is 4.79 Å². The molecule has 0 aromatic carbocycles. The van der Waals surface area contributed by atoms with Crippen LogP contribution in [-0.2, 0) is 9.53 Å². The molecule has 1 N–H and O–H groups in total. The van der Waals surface area contributed by atoms with E-state index in [9.17, 15) is 9.90 Å². The molecule has 0 aromatic heterocycles. The Hall–Kier alpha value is -0.990. The molecule has 1 spiro atoms. The molecule has 3 saturated carbocycles. The van der Waals surface area contributed by atoms with Gasteiger partial charge in [0.25, 0.3) is 0 Å². The Balaban J connectivity index is 1.88. The van der Waals surface area contributed by atoms with Crippen LogP contribution in [0.1, 0.15) is 32.1 Å². The number of fused-ring (bicyclic) bond motifs is 3. The molecular weight excluding hydrogens is 204 g/mol. The largest absolute Gasteiger partial charge is 0.497 e. The molecule has 0 amide bonds. The first kappa shape index (κ1) is 9.08. The van der Waals surface area contributed by atoms with Gasteiger partial charge >= 0.3 is 5.97 Å². The second kappa shape index (κ2) is 2.63. The van der Waals surface area contributed by atoms with Gasteiger partial charge in [0.15, 0.2) is 0 Å². The Morgan fingerprint density at radius 2 is 2.38 bits per heavy atom. The maximum atomic E-state index is 11.4. The molecule has 3 aliphatic carbocycles. The summed E-state index contributed by atoms with van der Waals surface area (Å²) in [6.45, 7) is 0. The molecule has 1 heterocycles. The van der Waals surface area contributed by atoms with Crippen molar-refractivity contribution < 1.29 is 14.6 Å². The Kier molecular flexibility index (Phi) is 1.49. The van der Waals surface area contributed by atoms with Crippen molar-refractivity contribution in [1.29, 1.82) is 0 Å². The second-order valence-corrected chi connectivity index (χ2v) is 6.00. The smallest absolute Gasteiger partial charge is 0.335 e. The molecule has 5 atom stereocenters. The van der Waals surface area contributed by atoms with Crippen molar-refractivity contribution in [1.82, 2.24) is 0 Å².